The van der Waals surface area contributed by atoms with E-state index >= 15 is 0 Å². The highest BCUT2D eigenvalue weighted by molar-refractivity contribution is 5.78. The topological polar surface area (TPSA) is 78.5 Å². The Balaban J connectivity index is 1.55. The van der Waals surface area contributed by atoms with Crippen LogP contribution in [0.1, 0.15) is 31.7 Å². The number of carbonyl (C=O) groups is 1. The fourth-order valence-electron chi connectivity index (χ4n) is 3.21. The molecule has 0 saturated carbocycles. The van der Waals surface area contributed by atoms with Crippen LogP contribution in [0.4, 0.5) is 5.82 Å². The van der Waals surface area contributed by atoms with Crippen molar-refractivity contribution in [3.8, 4) is 5.75 Å². The molecule has 144 valence electrons. The Kier molecular flexibility index (Phi) is 6.11. The van der Waals surface area contributed by atoms with E-state index in [0.717, 1.165) is 17.7 Å². The van der Waals surface area contributed by atoms with Crippen molar-refractivity contribution in [2.24, 2.45) is 0 Å². The van der Waals surface area contributed by atoms with E-state index in [1.54, 1.807) is 11.1 Å². The van der Waals surface area contributed by atoms with E-state index in [4.69, 9.17) is 4.74 Å². The van der Waals surface area contributed by atoms with Crippen LogP contribution in [0.25, 0.3) is 0 Å². The number of hydrogen-bond acceptors (Lipinski definition) is 5. The maximum Gasteiger partial charge on any atom is 0.290 e. The first kappa shape index (κ1) is 18.9. The van der Waals surface area contributed by atoms with Gasteiger partial charge in [0.15, 0.2) is 12.4 Å². The third-order valence-corrected chi connectivity index (χ3v) is 5.03. The van der Waals surface area contributed by atoms with Crippen molar-refractivity contribution >= 4 is 11.7 Å². The number of rotatable bonds is 6. The standard InChI is InChI=1S/C20H26N4O3/c1-3-15(2)16-6-4-5-7-17(16)27-14-18(25)23-10-12-24(13-11-23)19-20(26)22-9-8-21-19/h4-9,15H,3,10-14H2,1-2H3,(H,22,26)/t15-/m0/s1. The Morgan fingerprint density at radius 2 is 2.00 bits per heavy atom. The van der Waals surface area contributed by atoms with Crippen LogP contribution in [0.2, 0.25) is 0 Å². The lowest BCUT2D eigenvalue weighted by Gasteiger charge is -2.34. The summed E-state index contributed by atoms with van der Waals surface area (Å²) in [4.78, 5) is 34.8. The summed E-state index contributed by atoms with van der Waals surface area (Å²) in [6, 6.07) is 7.89. The number of carbonyl (C=O) groups excluding carboxylic acids is 1. The summed E-state index contributed by atoms with van der Waals surface area (Å²) in [6.07, 6.45) is 4.10. The van der Waals surface area contributed by atoms with E-state index in [2.05, 4.69) is 29.9 Å². The quantitative estimate of drug-likeness (QED) is 0.842. The first-order valence-electron chi connectivity index (χ1n) is 9.38. The van der Waals surface area contributed by atoms with E-state index in [0.29, 0.717) is 37.9 Å². The van der Waals surface area contributed by atoms with Gasteiger partial charge < -0.3 is 19.5 Å². The molecule has 27 heavy (non-hydrogen) atoms. The first-order valence-corrected chi connectivity index (χ1v) is 9.38. The number of benzene rings is 1. The average Bonchev–Trinajstić information content (AvgIpc) is 2.72. The number of anilines is 1. The van der Waals surface area contributed by atoms with Crippen LogP contribution >= 0.6 is 0 Å². The van der Waals surface area contributed by atoms with Crippen LogP contribution in [-0.2, 0) is 4.79 Å². The van der Waals surface area contributed by atoms with E-state index < -0.39 is 0 Å². The molecule has 1 amide bonds. The Hall–Kier alpha value is -2.83. The average molecular weight is 370 g/mol. The van der Waals surface area contributed by atoms with Crippen molar-refractivity contribution in [2.45, 2.75) is 26.2 Å². The second-order valence-corrected chi connectivity index (χ2v) is 6.75. The maximum absolute atomic E-state index is 12.5. The molecule has 1 aromatic heterocycles. The number of hydrogen-bond donors (Lipinski definition) is 1. The number of aromatic amines is 1. The van der Waals surface area contributed by atoms with Crippen LogP contribution in [0.5, 0.6) is 5.75 Å². The number of para-hydroxylation sites is 1. The monoisotopic (exact) mass is 370 g/mol. The lowest BCUT2D eigenvalue weighted by atomic mass is 9.98. The minimum atomic E-state index is -0.206. The number of nitrogens with one attached hydrogen (secondary N) is 1. The fraction of sp³-hybridized carbons (Fsp3) is 0.450. The van der Waals surface area contributed by atoms with Crippen molar-refractivity contribution in [1.82, 2.24) is 14.9 Å². The van der Waals surface area contributed by atoms with Gasteiger partial charge in [-0.3, -0.25) is 9.59 Å². The Bertz CT molecular complexity index is 828. The largest absolute Gasteiger partial charge is 0.483 e. The maximum atomic E-state index is 12.5. The Labute approximate surface area is 159 Å². The van der Waals surface area contributed by atoms with Gasteiger partial charge >= 0.3 is 0 Å². The van der Waals surface area contributed by atoms with Gasteiger partial charge in [-0.05, 0) is 24.0 Å². The molecule has 1 saturated heterocycles. The Morgan fingerprint density at radius 3 is 2.70 bits per heavy atom. The second-order valence-electron chi connectivity index (χ2n) is 6.75. The van der Waals surface area contributed by atoms with Crippen LogP contribution < -0.4 is 15.2 Å². The normalized spacial score (nSPS) is 15.5. The predicted molar refractivity (Wildman–Crippen MR) is 104 cm³/mol. The fourth-order valence-corrected chi connectivity index (χ4v) is 3.21. The van der Waals surface area contributed by atoms with Gasteiger partial charge in [0.25, 0.3) is 11.5 Å². The summed E-state index contributed by atoms with van der Waals surface area (Å²) in [5, 5.41) is 0. The van der Waals surface area contributed by atoms with Gasteiger partial charge in [-0.15, -0.1) is 0 Å². The summed E-state index contributed by atoms with van der Waals surface area (Å²) in [7, 11) is 0. The summed E-state index contributed by atoms with van der Waals surface area (Å²) >= 11 is 0. The molecule has 7 nitrogen and oxygen atoms in total. The van der Waals surface area contributed by atoms with Crippen LogP contribution in [0.3, 0.4) is 0 Å². The lowest BCUT2D eigenvalue weighted by molar-refractivity contribution is -0.133. The van der Waals surface area contributed by atoms with Crippen molar-refractivity contribution in [3.63, 3.8) is 0 Å². The molecule has 0 aliphatic carbocycles. The third kappa shape index (κ3) is 4.48. The number of H-pyrrole nitrogens is 1. The minimum Gasteiger partial charge on any atom is -0.483 e. The zero-order chi connectivity index (χ0) is 19.2. The van der Waals surface area contributed by atoms with Crippen molar-refractivity contribution in [2.75, 3.05) is 37.7 Å². The van der Waals surface area contributed by atoms with Gasteiger partial charge in [0, 0.05) is 38.6 Å². The summed E-state index contributed by atoms with van der Waals surface area (Å²) in [6.45, 7) is 6.57. The molecule has 1 atom stereocenters. The summed E-state index contributed by atoms with van der Waals surface area (Å²) in [5.41, 5.74) is 0.925. The van der Waals surface area contributed by atoms with Crippen LogP contribution in [-0.4, -0.2) is 53.6 Å². The molecule has 1 aromatic carbocycles. The molecule has 7 heteroatoms. The molecule has 0 bridgehead atoms. The van der Waals surface area contributed by atoms with Crippen molar-refractivity contribution < 1.29 is 9.53 Å². The zero-order valence-electron chi connectivity index (χ0n) is 15.9. The van der Waals surface area contributed by atoms with Gasteiger partial charge in [-0.2, -0.15) is 0 Å². The predicted octanol–water partition coefficient (Wildman–Crippen LogP) is 2.01. The molecule has 2 aromatic rings. The molecule has 3 rings (SSSR count). The molecular weight excluding hydrogens is 344 g/mol. The molecule has 1 aliphatic rings. The summed E-state index contributed by atoms with van der Waals surface area (Å²) < 4.78 is 5.83. The number of piperazine rings is 1. The molecule has 0 unspecified atom stereocenters. The highest BCUT2D eigenvalue weighted by atomic mass is 16.5. The van der Waals surface area contributed by atoms with Crippen LogP contribution in [0.15, 0.2) is 41.5 Å². The van der Waals surface area contributed by atoms with Gasteiger partial charge in [-0.25, -0.2) is 4.98 Å². The number of ether oxygens (including phenoxy) is 1. The number of aromatic nitrogens is 2. The van der Waals surface area contributed by atoms with Crippen molar-refractivity contribution in [3.05, 3.63) is 52.6 Å². The number of nitrogens with zero attached hydrogens (tertiary/aromatic N) is 3. The van der Waals surface area contributed by atoms with Gasteiger partial charge in [0.2, 0.25) is 0 Å². The van der Waals surface area contributed by atoms with Gasteiger partial charge in [0.1, 0.15) is 5.75 Å². The number of amides is 1. The lowest BCUT2D eigenvalue weighted by Crippen LogP contribution is -2.51. The highest BCUT2D eigenvalue weighted by Gasteiger charge is 2.23. The second kappa shape index (κ2) is 8.70. The molecular formula is C20H26N4O3. The molecule has 2 heterocycles. The van der Waals surface area contributed by atoms with E-state index in [-0.39, 0.29) is 18.1 Å². The zero-order valence-corrected chi connectivity index (χ0v) is 15.9. The molecule has 0 spiro atoms. The van der Waals surface area contributed by atoms with E-state index in [1.165, 1.54) is 6.20 Å². The molecule has 1 N–H and O–H groups in total. The molecule has 0 radical (unpaired) electrons. The smallest absolute Gasteiger partial charge is 0.290 e. The van der Waals surface area contributed by atoms with Gasteiger partial charge in [-0.1, -0.05) is 32.0 Å². The third-order valence-electron chi connectivity index (χ3n) is 5.03. The molecule has 1 fully saturated rings. The van der Waals surface area contributed by atoms with Crippen LogP contribution in [0, 0.1) is 0 Å². The molecule has 1 aliphatic heterocycles. The van der Waals surface area contributed by atoms with Gasteiger partial charge in [0.05, 0.1) is 0 Å². The SMILES string of the molecule is CC[C@H](C)c1ccccc1OCC(=O)N1CCN(c2ncc[nH]c2=O)CC1. The van der Waals surface area contributed by atoms with Crippen molar-refractivity contribution in [1.29, 1.82) is 0 Å². The minimum absolute atomic E-state index is 0.0254. The van der Waals surface area contributed by atoms with E-state index in [9.17, 15) is 9.59 Å². The summed E-state index contributed by atoms with van der Waals surface area (Å²) in [5.74, 6) is 1.53. The first-order chi connectivity index (χ1) is 13.1. The Morgan fingerprint density at radius 1 is 1.26 bits per heavy atom. The van der Waals surface area contributed by atoms with E-state index in [1.807, 2.05) is 23.1 Å². The highest BCUT2D eigenvalue weighted by Crippen LogP contribution is 2.28.